The fourth-order valence-electron chi connectivity index (χ4n) is 1.80. The van der Waals surface area contributed by atoms with E-state index < -0.39 is 10.0 Å². The van der Waals surface area contributed by atoms with Crippen LogP contribution in [-0.4, -0.2) is 39.5 Å². The lowest BCUT2D eigenvalue weighted by Crippen LogP contribution is -2.34. The van der Waals surface area contributed by atoms with Gasteiger partial charge in [0.25, 0.3) is 0 Å². The zero-order valence-corrected chi connectivity index (χ0v) is 15.6. The summed E-state index contributed by atoms with van der Waals surface area (Å²) < 4.78 is 31.6. The van der Waals surface area contributed by atoms with Crippen molar-refractivity contribution < 1.29 is 13.2 Å². The highest BCUT2D eigenvalue weighted by atomic mass is 35.5. The van der Waals surface area contributed by atoms with Crippen LogP contribution in [0.4, 0.5) is 0 Å². The predicted octanol–water partition coefficient (Wildman–Crippen LogP) is 2.76. The number of nitrogens with zero attached hydrogens (tertiary/aromatic N) is 1. The average Bonchev–Trinajstić information content (AvgIpc) is 2.43. The Balaban J connectivity index is 0.00000441. The molecule has 1 aromatic carbocycles. The van der Waals surface area contributed by atoms with Crippen molar-refractivity contribution in [2.24, 2.45) is 11.7 Å². The van der Waals surface area contributed by atoms with Crippen LogP contribution in [0.2, 0.25) is 5.02 Å². The Labute approximate surface area is 144 Å². The normalized spacial score (nSPS) is 13.1. The zero-order valence-electron chi connectivity index (χ0n) is 13.2. The van der Waals surface area contributed by atoms with Crippen molar-refractivity contribution in [2.45, 2.75) is 31.2 Å². The Hall–Kier alpha value is -0.530. The summed E-state index contributed by atoms with van der Waals surface area (Å²) in [5, 5.41) is 0.349. The minimum absolute atomic E-state index is 0. The molecule has 0 aromatic heterocycles. The molecule has 0 bridgehead atoms. The van der Waals surface area contributed by atoms with Gasteiger partial charge in [-0.15, -0.1) is 12.4 Å². The van der Waals surface area contributed by atoms with E-state index in [1.807, 2.05) is 13.8 Å². The first-order chi connectivity index (χ1) is 9.70. The molecule has 0 fully saturated rings. The lowest BCUT2D eigenvalue weighted by Gasteiger charge is -2.22. The van der Waals surface area contributed by atoms with E-state index in [0.717, 1.165) is 0 Å². The third kappa shape index (κ3) is 5.28. The van der Waals surface area contributed by atoms with E-state index in [1.165, 1.54) is 24.5 Å². The summed E-state index contributed by atoms with van der Waals surface area (Å²) in [6.07, 6.45) is 0.594. The van der Waals surface area contributed by atoms with E-state index >= 15 is 0 Å². The summed E-state index contributed by atoms with van der Waals surface area (Å²) in [5.41, 5.74) is 5.96. The molecule has 0 amide bonds. The van der Waals surface area contributed by atoms with Crippen LogP contribution in [0.1, 0.15) is 20.3 Å². The van der Waals surface area contributed by atoms with Gasteiger partial charge in [-0.2, -0.15) is 0 Å². The van der Waals surface area contributed by atoms with Crippen LogP contribution in [0.5, 0.6) is 5.75 Å². The van der Waals surface area contributed by atoms with Gasteiger partial charge >= 0.3 is 0 Å². The molecule has 0 aliphatic heterocycles. The maximum absolute atomic E-state index is 12.6. The van der Waals surface area contributed by atoms with Gasteiger partial charge in [0.15, 0.2) is 0 Å². The molecule has 5 nitrogen and oxygen atoms in total. The van der Waals surface area contributed by atoms with Gasteiger partial charge in [-0.05, 0) is 30.5 Å². The second-order valence-electron chi connectivity index (χ2n) is 5.32. The van der Waals surface area contributed by atoms with Crippen LogP contribution in [0.3, 0.4) is 0 Å². The van der Waals surface area contributed by atoms with Crippen LogP contribution >= 0.6 is 24.0 Å². The van der Waals surface area contributed by atoms with Crippen molar-refractivity contribution in [3.63, 3.8) is 0 Å². The number of hydrogen-bond acceptors (Lipinski definition) is 4. The largest absolute Gasteiger partial charge is 0.495 e. The monoisotopic (exact) mass is 370 g/mol. The Morgan fingerprint density at radius 1 is 1.36 bits per heavy atom. The molecule has 1 unspecified atom stereocenters. The third-order valence-corrected chi connectivity index (χ3v) is 5.56. The second kappa shape index (κ2) is 8.93. The first-order valence-corrected chi connectivity index (χ1v) is 8.57. The Kier molecular flexibility index (Phi) is 8.72. The molecular formula is C14H24Cl2N2O3S. The highest BCUT2D eigenvalue weighted by molar-refractivity contribution is 7.89. The van der Waals surface area contributed by atoms with Crippen LogP contribution in [0, 0.1) is 5.92 Å². The lowest BCUT2D eigenvalue weighted by molar-refractivity contribution is 0.386. The maximum Gasteiger partial charge on any atom is 0.246 e. The average molecular weight is 371 g/mol. The molecular weight excluding hydrogens is 347 g/mol. The molecule has 0 spiro atoms. The summed E-state index contributed by atoms with van der Waals surface area (Å²) in [6.45, 7) is 4.37. The molecule has 0 aliphatic carbocycles. The van der Waals surface area contributed by atoms with Crippen LogP contribution < -0.4 is 10.5 Å². The summed E-state index contributed by atoms with van der Waals surface area (Å²) in [7, 11) is -0.699. The standard InChI is InChI=1S/C14H23ClN2O3S.ClH/c1-10(2)12(16)7-8-17(3)21(18,19)14-9-11(15)5-6-13(14)20-4;/h5-6,9-10,12H,7-8,16H2,1-4H3;1H. The van der Waals surface area contributed by atoms with Gasteiger partial charge in [-0.1, -0.05) is 25.4 Å². The number of nitrogens with two attached hydrogens (primary N) is 1. The maximum atomic E-state index is 12.6. The van der Waals surface area contributed by atoms with Crippen molar-refractivity contribution in [3.8, 4) is 5.75 Å². The summed E-state index contributed by atoms with van der Waals surface area (Å²) in [5.74, 6) is 0.584. The molecule has 0 aliphatic rings. The lowest BCUT2D eigenvalue weighted by atomic mass is 10.0. The molecule has 1 rings (SSSR count). The van der Waals surface area contributed by atoms with E-state index in [-0.39, 0.29) is 29.1 Å². The van der Waals surface area contributed by atoms with Gasteiger partial charge < -0.3 is 10.5 Å². The van der Waals surface area contributed by atoms with Crippen LogP contribution in [-0.2, 0) is 10.0 Å². The van der Waals surface area contributed by atoms with E-state index in [9.17, 15) is 8.42 Å². The second-order valence-corrected chi connectivity index (χ2v) is 7.77. The van der Waals surface area contributed by atoms with Crippen molar-refractivity contribution in [1.29, 1.82) is 0 Å². The minimum Gasteiger partial charge on any atom is -0.495 e. The van der Waals surface area contributed by atoms with Gasteiger partial charge in [0.2, 0.25) is 10.0 Å². The predicted molar refractivity (Wildman–Crippen MR) is 92.5 cm³/mol. The van der Waals surface area contributed by atoms with E-state index in [1.54, 1.807) is 12.1 Å². The van der Waals surface area contributed by atoms with Crippen molar-refractivity contribution in [2.75, 3.05) is 20.7 Å². The molecule has 128 valence electrons. The van der Waals surface area contributed by atoms with Gasteiger partial charge in [0.1, 0.15) is 10.6 Å². The van der Waals surface area contributed by atoms with E-state index in [0.29, 0.717) is 23.9 Å². The molecule has 8 heteroatoms. The van der Waals surface area contributed by atoms with Crippen molar-refractivity contribution in [3.05, 3.63) is 23.2 Å². The molecule has 0 saturated carbocycles. The molecule has 1 atom stereocenters. The highest BCUT2D eigenvalue weighted by Crippen LogP contribution is 2.29. The molecule has 0 saturated heterocycles. The number of ether oxygens (including phenoxy) is 1. The fourth-order valence-corrected chi connectivity index (χ4v) is 3.40. The number of benzene rings is 1. The highest BCUT2D eigenvalue weighted by Gasteiger charge is 2.25. The van der Waals surface area contributed by atoms with Crippen LogP contribution in [0.25, 0.3) is 0 Å². The van der Waals surface area contributed by atoms with Crippen molar-refractivity contribution in [1.82, 2.24) is 4.31 Å². The minimum atomic E-state index is -3.66. The number of sulfonamides is 1. The quantitative estimate of drug-likeness (QED) is 0.800. The summed E-state index contributed by atoms with van der Waals surface area (Å²) in [4.78, 5) is 0.0677. The third-order valence-electron chi connectivity index (χ3n) is 3.45. The Bertz CT molecular complexity index is 579. The van der Waals surface area contributed by atoms with E-state index in [2.05, 4.69) is 0 Å². The molecule has 0 heterocycles. The number of rotatable bonds is 7. The number of hydrogen-bond donors (Lipinski definition) is 1. The van der Waals surface area contributed by atoms with Crippen LogP contribution in [0.15, 0.2) is 23.1 Å². The fraction of sp³-hybridized carbons (Fsp3) is 0.571. The Morgan fingerprint density at radius 2 is 1.95 bits per heavy atom. The topological polar surface area (TPSA) is 72.6 Å². The van der Waals surface area contributed by atoms with Gasteiger partial charge in [0.05, 0.1) is 7.11 Å². The molecule has 2 N–H and O–H groups in total. The zero-order chi connectivity index (χ0) is 16.2. The Morgan fingerprint density at radius 3 is 2.45 bits per heavy atom. The van der Waals surface area contributed by atoms with Gasteiger partial charge in [0, 0.05) is 24.7 Å². The molecule has 0 radical (unpaired) electrons. The first-order valence-electron chi connectivity index (χ1n) is 6.75. The van der Waals surface area contributed by atoms with Gasteiger partial charge in [-0.3, -0.25) is 0 Å². The number of halogens is 2. The molecule has 22 heavy (non-hydrogen) atoms. The first kappa shape index (κ1) is 21.5. The molecule has 1 aromatic rings. The summed E-state index contributed by atoms with van der Waals surface area (Å²) >= 11 is 5.90. The van der Waals surface area contributed by atoms with E-state index in [4.69, 9.17) is 22.1 Å². The number of methoxy groups -OCH3 is 1. The van der Waals surface area contributed by atoms with Crippen molar-refractivity contribution >= 4 is 34.0 Å². The SMILES string of the molecule is COc1ccc(Cl)cc1S(=O)(=O)N(C)CCC(N)C(C)C.Cl. The smallest absolute Gasteiger partial charge is 0.246 e. The summed E-state index contributed by atoms with van der Waals surface area (Å²) in [6, 6.07) is 4.50. The van der Waals surface area contributed by atoms with Gasteiger partial charge in [-0.25, -0.2) is 12.7 Å².